The molecule has 1 rings (SSSR count). The first-order valence-electron chi connectivity index (χ1n) is 5.35. The van der Waals surface area contributed by atoms with E-state index in [0.29, 0.717) is 12.5 Å². The molecule has 0 saturated heterocycles. The van der Waals surface area contributed by atoms with Crippen molar-refractivity contribution in [2.24, 2.45) is 5.92 Å². The van der Waals surface area contributed by atoms with Gasteiger partial charge in [-0.1, -0.05) is 12.8 Å². The predicted octanol–water partition coefficient (Wildman–Crippen LogP) is 3.11. The van der Waals surface area contributed by atoms with E-state index in [4.69, 9.17) is 0 Å². The van der Waals surface area contributed by atoms with Gasteiger partial charge in [0.15, 0.2) is 0 Å². The largest absolute Gasteiger partial charge is 0.389 e. The number of nitrogens with one attached hydrogen (secondary N) is 1. The van der Waals surface area contributed by atoms with Gasteiger partial charge in [-0.15, -0.1) is 0 Å². The van der Waals surface area contributed by atoms with Crippen LogP contribution in [0.5, 0.6) is 0 Å². The molecule has 0 aromatic carbocycles. The lowest BCUT2D eigenvalue weighted by atomic mass is 10.1. The topological polar surface area (TPSA) is 12.0 Å². The summed E-state index contributed by atoms with van der Waals surface area (Å²) in [5, 5.41) is 3.10. The van der Waals surface area contributed by atoms with Gasteiger partial charge < -0.3 is 5.32 Å². The highest BCUT2D eigenvalue weighted by Crippen LogP contribution is 2.24. The first-order valence-corrected chi connectivity index (χ1v) is 5.35. The first kappa shape index (κ1) is 11.8. The van der Waals surface area contributed by atoms with Crippen molar-refractivity contribution in [3.63, 3.8) is 0 Å². The van der Waals surface area contributed by atoms with Crippen LogP contribution in [0.2, 0.25) is 0 Å². The Bertz CT molecular complexity index is 150. The lowest BCUT2D eigenvalue weighted by molar-refractivity contribution is -0.135. The van der Waals surface area contributed by atoms with E-state index in [-0.39, 0.29) is 6.42 Å². The number of rotatable bonds is 5. The van der Waals surface area contributed by atoms with Crippen molar-refractivity contribution in [2.75, 3.05) is 13.1 Å². The lowest BCUT2D eigenvalue weighted by Crippen LogP contribution is -2.23. The van der Waals surface area contributed by atoms with Crippen LogP contribution in [0.3, 0.4) is 0 Å². The van der Waals surface area contributed by atoms with E-state index in [2.05, 4.69) is 5.32 Å². The van der Waals surface area contributed by atoms with Crippen LogP contribution in [0, 0.1) is 5.92 Å². The third kappa shape index (κ3) is 5.47. The maximum atomic E-state index is 11.8. The Balaban J connectivity index is 1.89. The fourth-order valence-corrected chi connectivity index (χ4v) is 1.93. The molecule has 1 aliphatic rings. The highest BCUT2D eigenvalue weighted by atomic mass is 19.4. The molecule has 4 heteroatoms. The van der Waals surface area contributed by atoms with Crippen LogP contribution in [0.1, 0.15) is 38.5 Å². The minimum absolute atomic E-state index is 0.205. The zero-order valence-electron chi connectivity index (χ0n) is 8.37. The molecule has 0 heterocycles. The van der Waals surface area contributed by atoms with Gasteiger partial charge in [0.25, 0.3) is 0 Å². The average molecular weight is 209 g/mol. The summed E-state index contributed by atoms with van der Waals surface area (Å²) in [4.78, 5) is 0. The van der Waals surface area contributed by atoms with Crippen molar-refractivity contribution in [3.8, 4) is 0 Å². The summed E-state index contributed by atoms with van der Waals surface area (Å²) in [6, 6.07) is 0. The first-order chi connectivity index (χ1) is 6.58. The van der Waals surface area contributed by atoms with Gasteiger partial charge in [-0.25, -0.2) is 0 Å². The molecule has 0 amide bonds. The van der Waals surface area contributed by atoms with Crippen LogP contribution in [-0.4, -0.2) is 19.3 Å². The van der Waals surface area contributed by atoms with E-state index in [1.807, 2.05) is 0 Å². The molecule has 1 saturated carbocycles. The normalized spacial score (nSPS) is 19.1. The van der Waals surface area contributed by atoms with Crippen molar-refractivity contribution in [3.05, 3.63) is 0 Å². The van der Waals surface area contributed by atoms with E-state index in [1.165, 1.54) is 25.7 Å². The summed E-state index contributed by atoms with van der Waals surface area (Å²) < 4.78 is 35.3. The average Bonchev–Trinajstić information content (AvgIpc) is 2.54. The maximum absolute atomic E-state index is 11.8. The van der Waals surface area contributed by atoms with E-state index in [1.54, 1.807) is 0 Å². The van der Waals surface area contributed by atoms with Crippen LogP contribution < -0.4 is 5.32 Å². The van der Waals surface area contributed by atoms with Gasteiger partial charge in [-0.05, 0) is 38.3 Å². The molecule has 0 spiro atoms. The smallest absolute Gasteiger partial charge is 0.316 e. The number of hydrogen-bond donors (Lipinski definition) is 1. The zero-order chi connectivity index (χ0) is 10.4. The molecule has 1 N–H and O–H groups in total. The lowest BCUT2D eigenvalue weighted by Gasteiger charge is -2.10. The minimum atomic E-state index is -3.99. The predicted molar refractivity (Wildman–Crippen MR) is 50.1 cm³/mol. The number of hydrogen-bond acceptors (Lipinski definition) is 1. The van der Waals surface area contributed by atoms with Crippen molar-refractivity contribution in [2.45, 2.75) is 44.7 Å². The Labute approximate surface area is 83.1 Å². The van der Waals surface area contributed by atoms with E-state index in [9.17, 15) is 13.2 Å². The highest BCUT2D eigenvalue weighted by molar-refractivity contribution is 4.69. The van der Waals surface area contributed by atoms with Crippen LogP contribution in [0.15, 0.2) is 0 Å². The molecule has 0 unspecified atom stereocenters. The van der Waals surface area contributed by atoms with Gasteiger partial charge in [0, 0.05) is 6.42 Å². The highest BCUT2D eigenvalue weighted by Gasteiger charge is 2.25. The van der Waals surface area contributed by atoms with E-state index >= 15 is 0 Å². The van der Waals surface area contributed by atoms with Gasteiger partial charge in [-0.3, -0.25) is 0 Å². The van der Waals surface area contributed by atoms with E-state index < -0.39 is 12.6 Å². The molecule has 0 aliphatic heterocycles. The second-order valence-electron chi connectivity index (χ2n) is 4.07. The summed E-state index contributed by atoms with van der Waals surface area (Å²) in [6.07, 6.45) is 0.609. The fraction of sp³-hybridized carbons (Fsp3) is 1.00. The number of halogens is 3. The summed E-state index contributed by atoms with van der Waals surface area (Å²) in [5.41, 5.74) is 0. The summed E-state index contributed by atoms with van der Waals surface area (Å²) in [7, 11) is 0. The van der Waals surface area contributed by atoms with Crippen LogP contribution in [0.25, 0.3) is 0 Å². The van der Waals surface area contributed by atoms with Crippen molar-refractivity contribution >= 4 is 0 Å². The van der Waals surface area contributed by atoms with Crippen molar-refractivity contribution < 1.29 is 13.2 Å². The zero-order valence-corrected chi connectivity index (χ0v) is 8.37. The van der Waals surface area contributed by atoms with Gasteiger partial charge in [0.05, 0.1) is 0 Å². The van der Waals surface area contributed by atoms with Crippen molar-refractivity contribution in [1.29, 1.82) is 0 Å². The summed E-state index contributed by atoms with van der Waals surface area (Å²) >= 11 is 0. The molecule has 0 aromatic heterocycles. The molecule has 1 fully saturated rings. The minimum Gasteiger partial charge on any atom is -0.316 e. The van der Waals surface area contributed by atoms with Crippen molar-refractivity contribution in [1.82, 2.24) is 5.32 Å². The Morgan fingerprint density at radius 3 is 2.36 bits per heavy atom. The molecule has 84 valence electrons. The third-order valence-electron chi connectivity index (χ3n) is 2.72. The van der Waals surface area contributed by atoms with Crippen LogP contribution in [0.4, 0.5) is 13.2 Å². The molecule has 0 bridgehead atoms. The van der Waals surface area contributed by atoms with Gasteiger partial charge in [0.2, 0.25) is 0 Å². The maximum Gasteiger partial charge on any atom is 0.389 e. The quantitative estimate of drug-likeness (QED) is 0.686. The standard InChI is InChI=1S/C10H18F3N/c11-10(12,13)6-3-7-14-8-9-4-1-2-5-9/h9,14H,1-8H2. The second-order valence-corrected chi connectivity index (χ2v) is 4.07. The second kappa shape index (κ2) is 5.59. The van der Waals surface area contributed by atoms with Gasteiger partial charge in [0.1, 0.15) is 0 Å². The Hall–Kier alpha value is -0.250. The summed E-state index contributed by atoms with van der Waals surface area (Å²) in [6.45, 7) is 1.40. The molecule has 0 radical (unpaired) electrons. The Morgan fingerprint density at radius 2 is 1.79 bits per heavy atom. The SMILES string of the molecule is FC(F)(F)CCCNCC1CCCC1. The Kier molecular flexibility index (Phi) is 4.72. The monoisotopic (exact) mass is 209 g/mol. The summed E-state index contributed by atoms with van der Waals surface area (Å²) in [5.74, 6) is 0.709. The molecular weight excluding hydrogens is 191 g/mol. The van der Waals surface area contributed by atoms with Crippen LogP contribution in [-0.2, 0) is 0 Å². The molecule has 0 aromatic rings. The third-order valence-corrected chi connectivity index (χ3v) is 2.72. The molecule has 0 atom stereocenters. The molecule has 14 heavy (non-hydrogen) atoms. The Morgan fingerprint density at radius 1 is 1.14 bits per heavy atom. The molecule has 1 aliphatic carbocycles. The molecular formula is C10H18F3N. The number of alkyl halides is 3. The molecule has 1 nitrogen and oxygen atoms in total. The van der Waals surface area contributed by atoms with E-state index in [0.717, 1.165) is 6.54 Å². The fourth-order valence-electron chi connectivity index (χ4n) is 1.93. The van der Waals surface area contributed by atoms with Gasteiger partial charge >= 0.3 is 6.18 Å². The van der Waals surface area contributed by atoms with Gasteiger partial charge in [-0.2, -0.15) is 13.2 Å². The van der Waals surface area contributed by atoms with Crippen LogP contribution >= 0.6 is 0 Å².